The van der Waals surface area contributed by atoms with Crippen LogP contribution in [0.1, 0.15) is 23.7 Å². The number of nitrogens with one attached hydrogen (secondary N) is 1. The van der Waals surface area contributed by atoms with Crippen molar-refractivity contribution >= 4 is 12.2 Å². The number of imidazole rings is 1. The lowest BCUT2D eigenvalue weighted by atomic mass is 10.1. The number of aryl methyl sites for hydroxylation is 1. The molecule has 0 fully saturated rings. The lowest BCUT2D eigenvalue weighted by Gasteiger charge is -2.11. The summed E-state index contributed by atoms with van der Waals surface area (Å²) < 4.78 is 16.8. The minimum Gasteiger partial charge on any atom is -0.349 e. The van der Waals surface area contributed by atoms with E-state index in [1.54, 1.807) is 49.2 Å². The van der Waals surface area contributed by atoms with Gasteiger partial charge in [-0.25, -0.2) is 14.1 Å². The summed E-state index contributed by atoms with van der Waals surface area (Å²) in [6.07, 6.45) is 4.55. The fourth-order valence-electron chi connectivity index (χ4n) is 3.33. The van der Waals surface area contributed by atoms with Gasteiger partial charge in [0.25, 0.3) is 5.91 Å². The highest BCUT2D eigenvalue weighted by Crippen LogP contribution is 2.29. The number of nitrogens with zero attached hydrogens (tertiary/aromatic N) is 5. The maximum absolute atomic E-state index is 13.3. The number of aldehydes is 1. The summed E-state index contributed by atoms with van der Waals surface area (Å²) in [5.41, 5.74) is 4.02. The van der Waals surface area contributed by atoms with Gasteiger partial charge in [0.1, 0.15) is 29.2 Å². The fraction of sp³-hybridized carbons (Fsp3) is 0.174. The zero-order chi connectivity index (χ0) is 22.7. The van der Waals surface area contributed by atoms with E-state index < -0.39 is 0 Å². The molecule has 162 valence electrons. The van der Waals surface area contributed by atoms with Crippen molar-refractivity contribution in [2.24, 2.45) is 7.05 Å². The van der Waals surface area contributed by atoms with Crippen LogP contribution in [0, 0.1) is 5.82 Å². The molecule has 4 rings (SSSR count). The maximum atomic E-state index is 13.3. The second-order valence-electron chi connectivity index (χ2n) is 7.41. The molecular weight excluding hydrogens is 411 g/mol. The first kappa shape index (κ1) is 21.1. The van der Waals surface area contributed by atoms with Gasteiger partial charge in [-0.15, -0.1) is 5.10 Å². The minimum atomic E-state index is -0.321. The number of rotatable bonds is 7. The number of amides is 1. The summed E-state index contributed by atoms with van der Waals surface area (Å²) in [5, 5.41) is 11.1. The number of benzene rings is 2. The standard InChI is InChI=1S/C23H21FN6O2/c1-15(11-12-31)26-23(32)17-5-9-19(10-6-17)30-13-20(25-14-30)22-21(27-28-29(22)2)16-3-7-18(24)8-4-16/h3-10,12-15H,11H2,1-2H3,(H,26,32). The van der Waals surface area contributed by atoms with E-state index in [9.17, 15) is 14.0 Å². The van der Waals surface area contributed by atoms with E-state index in [-0.39, 0.29) is 24.2 Å². The van der Waals surface area contributed by atoms with Crippen molar-refractivity contribution in [2.45, 2.75) is 19.4 Å². The Hall–Kier alpha value is -4.14. The molecule has 9 heteroatoms. The molecule has 1 unspecified atom stereocenters. The molecule has 2 aromatic carbocycles. The van der Waals surface area contributed by atoms with Crippen LogP contribution in [0.15, 0.2) is 61.1 Å². The first-order valence-corrected chi connectivity index (χ1v) is 10.0. The van der Waals surface area contributed by atoms with E-state index in [0.29, 0.717) is 22.6 Å². The van der Waals surface area contributed by atoms with Crippen molar-refractivity contribution in [3.63, 3.8) is 0 Å². The lowest BCUT2D eigenvalue weighted by Crippen LogP contribution is -2.32. The van der Waals surface area contributed by atoms with Crippen molar-refractivity contribution in [1.29, 1.82) is 0 Å². The number of carbonyl (C=O) groups is 2. The molecule has 2 heterocycles. The summed E-state index contributed by atoms with van der Waals surface area (Å²) in [6.45, 7) is 1.78. The highest BCUT2D eigenvalue weighted by Gasteiger charge is 2.18. The third kappa shape index (κ3) is 4.31. The van der Waals surface area contributed by atoms with E-state index in [1.807, 2.05) is 22.9 Å². The molecule has 2 aromatic heterocycles. The Balaban J connectivity index is 1.57. The number of halogens is 1. The molecule has 0 spiro atoms. The minimum absolute atomic E-state index is 0.223. The van der Waals surface area contributed by atoms with Gasteiger partial charge < -0.3 is 14.7 Å². The van der Waals surface area contributed by atoms with Gasteiger partial charge in [0.05, 0.1) is 6.33 Å². The fourth-order valence-corrected chi connectivity index (χ4v) is 3.33. The van der Waals surface area contributed by atoms with Gasteiger partial charge in [-0.1, -0.05) is 5.21 Å². The number of aromatic nitrogens is 5. The van der Waals surface area contributed by atoms with E-state index >= 15 is 0 Å². The molecule has 32 heavy (non-hydrogen) atoms. The van der Waals surface area contributed by atoms with E-state index in [0.717, 1.165) is 17.5 Å². The summed E-state index contributed by atoms with van der Waals surface area (Å²) in [6, 6.07) is 12.9. The summed E-state index contributed by atoms with van der Waals surface area (Å²) in [4.78, 5) is 27.3. The summed E-state index contributed by atoms with van der Waals surface area (Å²) >= 11 is 0. The SMILES string of the molecule is CC(CC=O)NC(=O)c1ccc(-n2cnc(-c3c(-c4ccc(F)cc4)nnn3C)c2)cc1. The van der Waals surface area contributed by atoms with Crippen molar-refractivity contribution in [3.05, 3.63) is 72.4 Å². The molecule has 0 aliphatic heterocycles. The summed E-state index contributed by atoms with van der Waals surface area (Å²) in [5.74, 6) is -0.555. The van der Waals surface area contributed by atoms with Gasteiger partial charge >= 0.3 is 0 Å². The first-order valence-electron chi connectivity index (χ1n) is 10.0. The van der Waals surface area contributed by atoms with Crippen LogP contribution in [-0.4, -0.2) is 42.8 Å². The molecule has 0 saturated heterocycles. The van der Waals surface area contributed by atoms with Crippen molar-refractivity contribution in [1.82, 2.24) is 29.9 Å². The smallest absolute Gasteiger partial charge is 0.251 e. The Morgan fingerprint density at radius 2 is 1.88 bits per heavy atom. The number of hydrogen-bond acceptors (Lipinski definition) is 5. The van der Waals surface area contributed by atoms with Gasteiger partial charge in [0, 0.05) is 42.5 Å². The normalized spacial score (nSPS) is 11.8. The second-order valence-corrected chi connectivity index (χ2v) is 7.41. The van der Waals surface area contributed by atoms with Crippen LogP contribution in [0.25, 0.3) is 28.3 Å². The zero-order valence-electron chi connectivity index (χ0n) is 17.6. The molecule has 8 nitrogen and oxygen atoms in total. The Labute approximate surface area is 183 Å². The van der Waals surface area contributed by atoms with Gasteiger partial charge in [0.15, 0.2) is 0 Å². The molecule has 0 radical (unpaired) electrons. The molecule has 0 aliphatic rings. The Bertz CT molecular complexity index is 1240. The Morgan fingerprint density at radius 1 is 1.16 bits per heavy atom. The van der Waals surface area contributed by atoms with Gasteiger partial charge in [-0.05, 0) is 55.5 Å². The van der Waals surface area contributed by atoms with E-state index in [1.165, 1.54) is 12.1 Å². The van der Waals surface area contributed by atoms with Crippen LogP contribution in [0.5, 0.6) is 0 Å². The summed E-state index contributed by atoms with van der Waals surface area (Å²) in [7, 11) is 1.77. The molecule has 1 amide bonds. The molecular formula is C23H21FN6O2. The molecule has 0 aliphatic carbocycles. The predicted octanol–water partition coefficient (Wildman–Crippen LogP) is 3.18. The lowest BCUT2D eigenvalue weighted by molar-refractivity contribution is -0.108. The monoisotopic (exact) mass is 432 g/mol. The highest BCUT2D eigenvalue weighted by atomic mass is 19.1. The first-order chi connectivity index (χ1) is 15.5. The van der Waals surface area contributed by atoms with Crippen LogP contribution in [-0.2, 0) is 11.8 Å². The van der Waals surface area contributed by atoms with Crippen LogP contribution in [0.3, 0.4) is 0 Å². The van der Waals surface area contributed by atoms with Crippen LogP contribution >= 0.6 is 0 Å². The number of hydrogen-bond donors (Lipinski definition) is 1. The molecule has 0 bridgehead atoms. The third-order valence-corrected chi connectivity index (χ3v) is 5.02. The predicted molar refractivity (Wildman–Crippen MR) is 117 cm³/mol. The molecule has 1 atom stereocenters. The third-order valence-electron chi connectivity index (χ3n) is 5.02. The van der Waals surface area contributed by atoms with Crippen LogP contribution < -0.4 is 5.32 Å². The van der Waals surface area contributed by atoms with Gasteiger partial charge in [0.2, 0.25) is 0 Å². The van der Waals surface area contributed by atoms with Crippen molar-refractivity contribution < 1.29 is 14.0 Å². The second kappa shape index (κ2) is 8.93. The maximum Gasteiger partial charge on any atom is 0.251 e. The van der Waals surface area contributed by atoms with Gasteiger partial charge in [-0.3, -0.25) is 4.79 Å². The van der Waals surface area contributed by atoms with E-state index in [2.05, 4.69) is 20.6 Å². The average molecular weight is 432 g/mol. The Morgan fingerprint density at radius 3 is 2.56 bits per heavy atom. The Kier molecular flexibility index (Phi) is 5.89. The largest absolute Gasteiger partial charge is 0.349 e. The van der Waals surface area contributed by atoms with Gasteiger partial charge in [-0.2, -0.15) is 0 Å². The van der Waals surface area contributed by atoms with Crippen molar-refractivity contribution in [2.75, 3.05) is 0 Å². The molecule has 0 saturated carbocycles. The van der Waals surface area contributed by atoms with Crippen molar-refractivity contribution in [3.8, 4) is 28.3 Å². The van der Waals surface area contributed by atoms with Crippen LogP contribution in [0.2, 0.25) is 0 Å². The zero-order valence-corrected chi connectivity index (χ0v) is 17.6. The van der Waals surface area contributed by atoms with E-state index in [4.69, 9.17) is 0 Å². The number of carbonyl (C=O) groups excluding carboxylic acids is 2. The average Bonchev–Trinajstić information content (AvgIpc) is 3.41. The molecule has 4 aromatic rings. The highest BCUT2D eigenvalue weighted by molar-refractivity contribution is 5.94. The van der Waals surface area contributed by atoms with Crippen LogP contribution in [0.4, 0.5) is 4.39 Å². The topological polar surface area (TPSA) is 94.7 Å². The quantitative estimate of drug-likeness (QED) is 0.453. The molecule has 1 N–H and O–H groups in total.